The van der Waals surface area contributed by atoms with Gasteiger partial charge in [-0.1, -0.05) is 0 Å². The molecular weight excluding hydrogens is 166 g/mol. The van der Waals surface area contributed by atoms with Gasteiger partial charge in [-0.05, 0) is 26.7 Å². The number of Topliss-reactive ketones (excluding diaryl/α,β-unsaturated/α-hetero) is 1. The molecule has 0 bridgehead atoms. The summed E-state index contributed by atoms with van der Waals surface area (Å²) in [5.41, 5.74) is 0.834. The van der Waals surface area contributed by atoms with Crippen LogP contribution in [0.1, 0.15) is 33.1 Å². The van der Waals surface area contributed by atoms with E-state index in [2.05, 4.69) is 0 Å². The van der Waals surface area contributed by atoms with Crippen LogP contribution >= 0.6 is 0 Å². The van der Waals surface area contributed by atoms with Gasteiger partial charge in [0.25, 0.3) is 0 Å². The summed E-state index contributed by atoms with van der Waals surface area (Å²) in [6.07, 6.45) is 2.20. The predicted octanol–water partition coefficient (Wildman–Crippen LogP) is 1.85. The first-order valence-corrected chi connectivity index (χ1v) is 4.91. The van der Waals surface area contributed by atoms with Crippen molar-refractivity contribution >= 4 is 5.78 Å². The molecule has 1 N–H and O–H groups in total. The molecule has 0 spiro atoms. The van der Waals surface area contributed by atoms with E-state index in [4.69, 9.17) is 0 Å². The molecule has 0 atom stereocenters. The summed E-state index contributed by atoms with van der Waals surface area (Å²) >= 11 is 0. The highest BCUT2D eigenvalue weighted by molar-refractivity contribution is 5.94. The number of ketones is 1. The molecule has 0 radical (unpaired) electrons. The van der Waals surface area contributed by atoms with Gasteiger partial charge in [-0.3, -0.25) is 4.79 Å². The van der Waals surface area contributed by atoms with Crippen molar-refractivity contribution in [2.45, 2.75) is 33.1 Å². The molecule has 1 rings (SSSR count). The molecule has 13 heavy (non-hydrogen) atoms. The minimum atomic E-state index is -0.104. The van der Waals surface area contributed by atoms with Crippen molar-refractivity contribution < 1.29 is 9.90 Å². The standard InChI is InChI=1S/C10H17NO2/c1-3-11(4-2)8-6-5-7-9(12)10(8)13/h13H,3-7H2,1-2H3. The Morgan fingerprint density at radius 3 is 2.46 bits per heavy atom. The van der Waals surface area contributed by atoms with Crippen molar-refractivity contribution in [1.29, 1.82) is 0 Å². The van der Waals surface area contributed by atoms with Crippen LogP contribution in [-0.4, -0.2) is 28.9 Å². The minimum Gasteiger partial charge on any atom is -0.503 e. The van der Waals surface area contributed by atoms with Gasteiger partial charge in [0.15, 0.2) is 11.5 Å². The van der Waals surface area contributed by atoms with Gasteiger partial charge in [-0.2, -0.15) is 0 Å². The third-order valence-corrected chi connectivity index (χ3v) is 2.50. The Balaban J connectivity index is 2.86. The van der Waals surface area contributed by atoms with Crippen molar-refractivity contribution in [3.63, 3.8) is 0 Å². The number of carbonyl (C=O) groups is 1. The van der Waals surface area contributed by atoms with Crippen LogP contribution in [0.4, 0.5) is 0 Å². The van der Waals surface area contributed by atoms with E-state index in [0.29, 0.717) is 6.42 Å². The summed E-state index contributed by atoms with van der Waals surface area (Å²) in [6.45, 7) is 5.76. The quantitative estimate of drug-likeness (QED) is 0.726. The molecular formula is C10H17NO2. The molecule has 74 valence electrons. The monoisotopic (exact) mass is 183 g/mol. The first kappa shape index (κ1) is 10.1. The summed E-state index contributed by atoms with van der Waals surface area (Å²) in [7, 11) is 0. The second-order valence-electron chi connectivity index (χ2n) is 3.24. The number of nitrogens with zero attached hydrogens (tertiary/aromatic N) is 1. The van der Waals surface area contributed by atoms with Gasteiger partial charge in [0.2, 0.25) is 0 Å². The molecule has 1 aliphatic rings. The van der Waals surface area contributed by atoms with Crippen LogP contribution in [-0.2, 0) is 4.79 Å². The van der Waals surface area contributed by atoms with Gasteiger partial charge >= 0.3 is 0 Å². The first-order valence-electron chi connectivity index (χ1n) is 4.91. The number of aliphatic hydroxyl groups is 1. The number of carbonyl (C=O) groups excluding carboxylic acids is 1. The second-order valence-corrected chi connectivity index (χ2v) is 3.24. The lowest BCUT2D eigenvalue weighted by Crippen LogP contribution is -2.27. The van der Waals surface area contributed by atoms with Crippen molar-refractivity contribution in [1.82, 2.24) is 4.90 Å². The maximum Gasteiger partial charge on any atom is 0.198 e. The molecule has 0 amide bonds. The normalized spacial score (nSPS) is 17.8. The molecule has 0 saturated carbocycles. The minimum absolute atomic E-state index is 0.00468. The lowest BCUT2D eigenvalue weighted by molar-refractivity contribution is -0.118. The van der Waals surface area contributed by atoms with E-state index in [1.165, 1.54) is 0 Å². The highest BCUT2D eigenvalue weighted by Gasteiger charge is 2.22. The Bertz CT molecular complexity index is 229. The third kappa shape index (κ3) is 2.02. The summed E-state index contributed by atoms with van der Waals surface area (Å²) in [5.74, 6) is -0.108. The summed E-state index contributed by atoms with van der Waals surface area (Å²) in [4.78, 5) is 13.3. The van der Waals surface area contributed by atoms with E-state index in [1.807, 2.05) is 18.7 Å². The molecule has 0 unspecified atom stereocenters. The average molecular weight is 183 g/mol. The number of allylic oxidation sites excluding steroid dienone is 2. The van der Waals surface area contributed by atoms with E-state index in [-0.39, 0.29) is 11.5 Å². The van der Waals surface area contributed by atoms with Crippen LogP contribution in [0.3, 0.4) is 0 Å². The first-order chi connectivity index (χ1) is 6.20. The van der Waals surface area contributed by atoms with E-state index in [9.17, 15) is 9.90 Å². The Hall–Kier alpha value is -0.990. The zero-order chi connectivity index (χ0) is 9.84. The summed E-state index contributed by atoms with van der Waals surface area (Å²) < 4.78 is 0. The molecule has 0 saturated heterocycles. The smallest absolute Gasteiger partial charge is 0.198 e. The zero-order valence-corrected chi connectivity index (χ0v) is 8.34. The van der Waals surface area contributed by atoms with Crippen molar-refractivity contribution in [3.8, 4) is 0 Å². The van der Waals surface area contributed by atoms with Crippen molar-refractivity contribution in [2.24, 2.45) is 0 Å². The molecule has 0 aliphatic heterocycles. The molecule has 0 heterocycles. The van der Waals surface area contributed by atoms with Crippen LogP contribution in [0.2, 0.25) is 0 Å². The van der Waals surface area contributed by atoms with Gasteiger partial charge in [0.05, 0.1) is 5.70 Å². The molecule has 0 aromatic carbocycles. The number of rotatable bonds is 3. The number of aliphatic hydroxyl groups excluding tert-OH is 1. The van der Waals surface area contributed by atoms with Gasteiger partial charge in [0.1, 0.15) is 0 Å². The van der Waals surface area contributed by atoms with Gasteiger partial charge in [0, 0.05) is 19.5 Å². The largest absolute Gasteiger partial charge is 0.503 e. The highest BCUT2D eigenvalue weighted by atomic mass is 16.3. The Morgan fingerprint density at radius 2 is 1.92 bits per heavy atom. The van der Waals surface area contributed by atoms with E-state index < -0.39 is 0 Å². The van der Waals surface area contributed by atoms with E-state index >= 15 is 0 Å². The molecule has 0 aromatic heterocycles. The van der Waals surface area contributed by atoms with E-state index in [1.54, 1.807) is 0 Å². The number of hydrogen-bond acceptors (Lipinski definition) is 3. The SMILES string of the molecule is CCN(CC)C1=C(O)C(=O)CCC1. The zero-order valence-electron chi connectivity index (χ0n) is 8.34. The third-order valence-electron chi connectivity index (χ3n) is 2.50. The number of hydrogen-bond donors (Lipinski definition) is 1. The van der Waals surface area contributed by atoms with Crippen LogP contribution in [0.15, 0.2) is 11.5 Å². The van der Waals surface area contributed by atoms with Gasteiger partial charge in [-0.15, -0.1) is 0 Å². The van der Waals surface area contributed by atoms with Crippen LogP contribution in [0.25, 0.3) is 0 Å². The topological polar surface area (TPSA) is 40.5 Å². The summed E-state index contributed by atoms with van der Waals surface area (Å²) in [6, 6.07) is 0. The fraction of sp³-hybridized carbons (Fsp3) is 0.700. The maximum absolute atomic E-state index is 11.2. The van der Waals surface area contributed by atoms with Crippen LogP contribution in [0, 0.1) is 0 Å². The van der Waals surface area contributed by atoms with Crippen LogP contribution < -0.4 is 0 Å². The lowest BCUT2D eigenvalue weighted by Gasteiger charge is -2.27. The van der Waals surface area contributed by atoms with Crippen molar-refractivity contribution in [3.05, 3.63) is 11.5 Å². The molecule has 0 fully saturated rings. The second kappa shape index (κ2) is 4.30. The Morgan fingerprint density at radius 1 is 1.31 bits per heavy atom. The highest BCUT2D eigenvalue weighted by Crippen LogP contribution is 2.22. The molecule has 0 aromatic rings. The molecule has 3 heteroatoms. The fourth-order valence-electron chi connectivity index (χ4n) is 1.73. The van der Waals surface area contributed by atoms with Gasteiger partial charge < -0.3 is 10.0 Å². The molecule has 3 nitrogen and oxygen atoms in total. The maximum atomic E-state index is 11.2. The van der Waals surface area contributed by atoms with Crippen LogP contribution in [0.5, 0.6) is 0 Å². The average Bonchev–Trinajstić information content (AvgIpc) is 2.14. The predicted molar refractivity (Wildman–Crippen MR) is 51.4 cm³/mol. The summed E-state index contributed by atoms with van der Waals surface area (Å²) in [5, 5.41) is 9.56. The van der Waals surface area contributed by atoms with Gasteiger partial charge in [-0.25, -0.2) is 0 Å². The van der Waals surface area contributed by atoms with E-state index in [0.717, 1.165) is 31.6 Å². The van der Waals surface area contributed by atoms with Crippen molar-refractivity contribution in [2.75, 3.05) is 13.1 Å². The molecule has 1 aliphatic carbocycles. The Kier molecular flexibility index (Phi) is 3.34. The fourth-order valence-corrected chi connectivity index (χ4v) is 1.73. The Labute approximate surface area is 79.0 Å². The lowest BCUT2D eigenvalue weighted by atomic mass is 10.0.